The van der Waals surface area contributed by atoms with Crippen molar-refractivity contribution in [1.29, 1.82) is 0 Å². The van der Waals surface area contributed by atoms with Crippen LogP contribution in [0.1, 0.15) is 38.3 Å². The third-order valence-corrected chi connectivity index (χ3v) is 9.63. The van der Waals surface area contributed by atoms with Gasteiger partial charge >= 0.3 is 0 Å². The Kier molecular flexibility index (Phi) is 11.1. The number of nitrogens with zero attached hydrogens (tertiary/aromatic N) is 2. The Labute approximate surface area is 254 Å². The van der Waals surface area contributed by atoms with E-state index in [4.69, 9.17) is 23.2 Å². The van der Waals surface area contributed by atoms with Crippen LogP contribution in [0.15, 0.2) is 76.1 Å². The van der Waals surface area contributed by atoms with Gasteiger partial charge in [0.15, 0.2) is 0 Å². The van der Waals surface area contributed by atoms with Crippen LogP contribution in [0.5, 0.6) is 0 Å². The van der Waals surface area contributed by atoms with Crippen molar-refractivity contribution in [2.75, 3.05) is 10.8 Å². The third kappa shape index (κ3) is 7.78. The molecule has 2 atom stereocenters. The SMILES string of the molecule is CC[C@H](C)NC(=O)[C@@H](C)N(Cc1ccc(Br)cc1)C(=O)CN(c1cccc(Cl)c1Cl)S(=O)(=O)c1ccc(C)cc1. The average Bonchev–Trinajstić information content (AvgIpc) is 2.92. The van der Waals surface area contributed by atoms with Crippen LogP contribution in [0.2, 0.25) is 10.0 Å². The van der Waals surface area contributed by atoms with E-state index in [0.29, 0.717) is 0 Å². The number of hydrogen-bond donors (Lipinski definition) is 1. The van der Waals surface area contributed by atoms with Gasteiger partial charge in [0.2, 0.25) is 11.8 Å². The van der Waals surface area contributed by atoms with Crippen LogP contribution >= 0.6 is 39.1 Å². The van der Waals surface area contributed by atoms with E-state index in [-0.39, 0.29) is 39.1 Å². The summed E-state index contributed by atoms with van der Waals surface area (Å²) in [6.45, 7) is 6.78. The second kappa shape index (κ2) is 13.9. The number of aryl methyl sites for hydroxylation is 1. The van der Waals surface area contributed by atoms with Gasteiger partial charge in [-0.2, -0.15) is 0 Å². The first kappa shape index (κ1) is 31.9. The van der Waals surface area contributed by atoms with Gasteiger partial charge in [0, 0.05) is 17.1 Å². The Hall–Kier alpha value is -2.59. The number of nitrogens with one attached hydrogen (secondary N) is 1. The maximum absolute atomic E-state index is 14.0. The molecule has 0 heterocycles. The monoisotopic (exact) mass is 667 g/mol. The van der Waals surface area contributed by atoms with E-state index in [0.717, 1.165) is 26.3 Å². The summed E-state index contributed by atoms with van der Waals surface area (Å²) in [7, 11) is -4.25. The van der Waals surface area contributed by atoms with Gasteiger partial charge < -0.3 is 10.2 Å². The number of benzene rings is 3. The molecule has 3 aromatic rings. The number of amides is 2. The molecule has 7 nitrogen and oxygen atoms in total. The fourth-order valence-corrected chi connectivity index (χ4v) is 6.01. The Balaban J connectivity index is 2.06. The van der Waals surface area contributed by atoms with E-state index in [1.54, 1.807) is 25.1 Å². The number of hydrogen-bond acceptors (Lipinski definition) is 4. The standard InChI is InChI=1S/C29H32BrCl2N3O4S/c1-5-20(3)33-29(37)21(4)34(17-22-11-13-23(30)14-12-22)27(36)18-35(26-8-6-7-25(31)28(26)32)40(38,39)24-15-9-19(2)10-16-24/h6-16,20-21H,5,17-18H2,1-4H3,(H,33,37)/t20-,21+/m0/s1. The summed E-state index contributed by atoms with van der Waals surface area (Å²) in [5.74, 6) is -0.921. The zero-order valence-electron chi connectivity index (χ0n) is 22.7. The molecule has 3 rings (SSSR count). The molecule has 3 aromatic carbocycles. The fourth-order valence-electron chi connectivity index (χ4n) is 3.87. The molecule has 0 saturated carbocycles. The van der Waals surface area contributed by atoms with Gasteiger partial charge in [-0.15, -0.1) is 0 Å². The van der Waals surface area contributed by atoms with Crippen LogP contribution in [0.4, 0.5) is 5.69 Å². The second-order valence-corrected chi connectivity index (χ2v) is 13.1. The van der Waals surface area contributed by atoms with Crippen LogP contribution in [0.3, 0.4) is 0 Å². The summed E-state index contributed by atoms with van der Waals surface area (Å²) in [6, 6.07) is 17.2. The molecule has 11 heteroatoms. The van der Waals surface area contributed by atoms with Crippen LogP contribution in [-0.4, -0.2) is 43.8 Å². The molecule has 0 unspecified atom stereocenters. The Morgan fingerprint density at radius 2 is 1.60 bits per heavy atom. The number of halogens is 3. The van der Waals surface area contributed by atoms with Crippen LogP contribution < -0.4 is 9.62 Å². The largest absolute Gasteiger partial charge is 0.352 e. The van der Waals surface area contributed by atoms with Gasteiger partial charge in [0.05, 0.1) is 20.6 Å². The van der Waals surface area contributed by atoms with Gasteiger partial charge in [0.1, 0.15) is 12.6 Å². The minimum absolute atomic E-state index is 0.00493. The zero-order chi connectivity index (χ0) is 29.6. The average molecular weight is 669 g/mol. The molecule has 0 radical (unpaired) electrons. The molecule has 1 N–H and O–H groups in total. The number of carbonyl (C=O) groups excluding carboxylic acids is 2. The van der Waals surface area contributed by atoms with Crippen molar-refractivity contribution in [2.24, 2.45) is 0 Å². The molecule has 214 valence electrons. The maximum atomic E-state index is 14.0. The molecule has 0 aromatic heterocycles. The summed E-state index contributed by atoms with van der Waals surface area (Å²) in [4.78, 5) is 28.5. The lowest BCUT2D eigenvalue weighted by molar-refractivity contribution is -0.139. The number of sulfonamides is 1. The molecular weight excluding hydrogens is 637 g/mol. The Morgan fingerprint density at radius 3 is 2.20 bits per heavy atom. The summed E-state index contributed by atoms with van der Waals surface area (Å²) >= 11 is 16.1. The smallest absolute Gasteiger partial charge is 0.264 e. The van der Waals surface area contributed by atoms with Gasteiger partial charge in [0.25, 0.3) is 10.0 Å². The van der Waals surface area contributed by atoms with Crippen LogP contribution in [0.25, 0.3) is 0 Å². The zero-order valence-corrected chi connectivity index (χ0v) is 26.6. The lowest BCUT2D eigenvalue weighted by Crippen LogP contribution is -2.52. The topological polar surface area (TPSA) is 86.8 Å². The highest BCUT2D eigenvalue weighted by Gasteiger charge is 2.34. The van der Waals surface area contributed by atoms with Crippen molar-refractivity contribution < 1.29 is 18.0 Å². The molecule has 0 bridgehead atoms. The molecule has 0 aliphatic carbocycles. The minimum atomic E-state index is -4.25. The van der Waals surface area contributed by atoms with Crippen molar-refractivity contribution in [3.63, 3.8) is 0 Å². The molecule has 0 aliphatic rings. The highest BCUT2D eigenvalue weighted by molar-refractivity contribution is 9.10. The molecular formula is C29H32BrCl2N3O4S. The molecule has 40 heavy (non-hydrogen) atoms. The van der Waals surface area contributed by atoms with Crippen molar-refractivity contribution in [3.05, 3.63) is 92.4 Å². The van der Waals surface area contributed by atoms with Crippen molar-refractivity contribution >= 4 is 66.7 Å². The lowest BCUT2D eigenvalue weighted by atomic mass is 10.1. The van der Waals surface area contributed by atoms with E-state index < -0.39 is 28.5 Å². The Bertz CT molecular complexity index is 1450. The molecule has 0 fully saturated rings. The predicted octanol–water partition coefficient (Wildman–Crippen LogP) is 6.59. The van der Waals surface area contributed by atoms with Crippen molar-refractivity contribution in [3.8, 4) is 0 Å². The van der Waals surface area contributed by atoms with Crippen LogP contribution in [-0.2, 0) is 26.2 Å². The lowest BCUT2D eigenvalue weighted by Gasteiger charge is -2.32. The third-order valence-electron chi connectivity index (χ3n) is 6.52. The first-order valence-electron chi connectivity index (χ1n) is 12.7. The molecule has 0 spiro atoms. The maximum Gasteiger partial charge on any atom is 0.264 e. The Morgan fingerprint density at radius 1 is 0.975 bits per heavy atom. The number of rotatable bonds is 11. The van der Waals surface area contributed by atoms with E-state index in [2.05, 4.69) is 21.2 Å². The van der Waals surface area contributed by atoms with E-state index >= 15 is 0 Å². The van der Waals surface area contributed by atoms with Gasteiger partial charge in [-0.05, 0) is 69.2 Å². The molecule has 0 saturated heterocycles. The summed E-state index contributed by atoms with van der Waals surface area (Å²) in [5.41, 5.74) is 1.71. The predicted molar refractivity (Wildman–Crippen MR) is 164 cm³/mol. The normalized spacial score (nSPS) is 12.9. The van der Waals surface area contributed by atoms with Gasteiger partial charge in [-0.3, -0.25) is 13.9 Å². The highest BCUT2D eigenvalue weighted by atomic mass is 79.9. The minimum Gasteiger partial charge on any atom is -0.352 e. The van der Waals surface area contributed by atoms with E-state index in [9.17, 15) is 18.0 Å². The molecule has 2 amide bonds. The highest BCUT2D eigenvalue weighted by Crippen LogP contribution is 2.35. The first-order chi connectivity index (χ1) is 18.8. The summed E-state index contributed by atoms with van der Waals surface area (Å²) in [5, 5.41) is 3.05. The van der Waals surface area contributed by atoms with Gasteiger partial charge in [-0.25, -0.2) is 8.42 Å². The first-order valence-corrected chi connectivity index (χ1v) is 15.7. The van der Waals surface area contributed by atoms with Crippen molar-refractivity contribution in [2.45, 2.75) is 57.6 Å². The van der Waals surface area contributed by atoms with E-state index in [1.807, 2.05) is 45.0 Å². The number of carbonyl (C=O) groups is 2. The van der Waals surface area contributed by atoms with E-state index in [1.165, 1.54) is 29.2 Å². The fraction of sp³-hybridized carbons (Fsp3) is 0.310. The second-order valence-electron chi connectivity index (χ2n) is 9.54. The number of anilines is 1. The molecule has 0 aliphatic heterocycles. The van der Waals surface area contributed by atoms with Crippen molar-refractivity contribution in [1.82, 2.24) is 10.2 Å². The van der Waals surface area contributed by atoms with Crippen LogP contribution in [0, 0.1) is 6.92 Å². The summed E-state index contributed by atoms with van der Waals surface area (Å²) < 4.78 is 29.6. The summed E-state index contributed by atoms with van der Waals surface area (Å²) in [6.07, 6.45) is 0.717. The van der Waals surface area contributed by atoms with Gasteiger partial charge in [-0.1, -0.05) is 82.0 Å². The quantitative estimate of drug-likeness (QED) is 0.250.